The van der Waals surface area contributed by atoms with Crippen molar-refractivity contribution < 1.29 is 9.53 Å². The molecule has 0 saturated carbocycles. The van der Waals surface area contributed by atoms with Crippen LogP contribution in [-0.2, 0) is 9.53 Å². The summed E-state index contributed by atoms with van der Waals surface area (Å²) < 4.78 is 5.41. The van der Waals surface area contributed by atoms with Crippen molar-refractivity contribution in [2.24, 2.45) is 0 Å². The molecule has 0 spiro atoms. The fourth-order valence-corrected chi connectivity index (χ4v) is 1.48. The maximum Gasteiger partial charge on any atom is 0.253 e. The van der Waals surface area contributed by atoms with E-state index in [4.69, 9.17) is 10.5 Å². The normalized spacial score (nSPS) is 12.5. The van der Waals surface area contributed by atoms with Gasteiger partial charge in [-0.05, 0) is 45.4 Å². The third-order valence-electron chi connectivity index (χ3n) is 2.37. The molecular weight excluding hydrogens is 216 g/mol. The van der Waals surface area contributed by atoms with Gasteiger partial charge in [0, 0.05) is 11.4 Å². The Labute approximate surface area is 102 Å². The van der Waals surface area contributed by atoms with E-state index in [-0.39, 0.29) is 12.0 Å². The van der Waals surface area contributed by atoms with E-state index in [0.717, 1.165) is 11.3 Å². The quantitative estimate of drug-likeness (QED) is 0.788. The molecule has 1 atom stereocenters. The number of nitrogen functional groups attached to an aromatic ring is 1. The molecule has 0 aromatic heterocycles. The lowest BCUT2D eigenvalue weighted by Gasteiger charge is -2.16. The van der Waals surface area contributed by atoms with Gasteiger partial charge in [0.05, 0.1) is 6.10 Å². The molecule has 17 heavy (non-hydrogen) atoms. The first kappa shape index (κ1) is 13.5. The molecule has 1 aromatic carbocycles. The monoisotopic (exact) mass is 236 g/mol. The average Bonchev–Trinajstić information content (AvgIpc) is 2.22. The maximum atomic E-state index is 11.8. The first-order chi connectivity index (χ1) is 7.90. The fraction of sp³-hybridized carbons (Fsp3) is 0.462. The highest BCUT2D eigenvalue weighted by molar-refractivity contribution is 5.95. The number of aryl methyl sites for hydroxylation is 1. The highest BCUT2D eigenvalue weighted by atomic mass is 16.5. The third kappa shape index (κ3) is 4.07. The Morgan fingerprint density at radius 3 is 2.59 bits per heavy atom. The summed E-state index contributed by atoms with van der Waals surface area (Å²) >= 11 is 0. The number of nitrogens with one attached hydrogen (secondary N) is 1. The summed E-state index contributed by atoms with van der Waals surface area (Å²) in [5, 5.41) is 2.81. The van der Waals surface area contributed by atoms with Gasteiger partial charge >= 0.3 is 0 Å². The molecule has 0 aliphatic rings. The summed E-state index contributed by atoms with van der Waals surface area (Å²) in [6, 6.07) is 5.42. The summed E-state index contributed by atoms with van der Waals surface area (Å²) in [5.74, 6) is -0.160. The Bertz CT molecular complexity index is 402. The Balaban J connectivity index is 2.70. The van der Waals surface area contributed by atoms with Gasteiger partial charge in [0.1, 0.15) is 6.10 Å². The lowest BCUT2D eigenvalue weighted by Crippen LogP contribution is -2.30. The Morgan fingerprint density at radius 2 is 2.00 bits per heavy atom. The molecule has 4 heteroatoms. The van der Waals surface area contributed by atoms with Crippen molar-refractivity contribution in [2.75, 3.05) is 11.1 Å². The number of ether oxygens (including phenoxy) is 1. The summed E-state index contributed by atoms with van der Waals surface area (Å²) in [4.78, 5) is 11.8. The highest BCUT2D eigenvalue weighted by Gasteiger charge is 2.15. The molecule has 1 unspecified atom stereocenters. The number of rotatable bonds is 4. The van der Waals surface area contributed by atoms with E-state index in [2.05, 4.69) is 5.32 Å². The van der Waals surface area contributed by atoms with E-state index < -0.39 is 6.10 Å². The van der Waals surface area contributed by atoms with Gasteiger partial charge in [-0.15, -0.1) is 0 Å². The second kappa shape index (κ2) is 5.68. The smallest absolute Gasteiger partial charge is 0.253 e. The highest BCUT2D eigenvalue weighted by Crippen LogP contribution is 2.18. The van der Waals surface area contributed by atoms with Crippen LogP contribution in [0.25, 0.3) is 0 Å². The predicted octanol–water partition coefficient (Wildman–Crippen LogP) is 2.33. The van der Waals surface area contributed by atoms with Gasteiger partial charge in [-0.25, -0.2) is 0 Å². The van der Waals surface area contributed by atoms with E-state index in [0.29, 0.717) is 5.69 Å². The summed E-state index contributed by atoms with van der Waals surface area (Å²) in [6.07, 6.45) is -0.450. The van der Waals surface area contributed by atoms with Gasteiger partial charge in [0.2, 0.25) is 0 Å². The van der Waals surface area contributed by atoms with Crippen molar-refractivity contribution >= 4 is 17.3 Å². The second-order valence-electron chi connectivity index (χ2n) is 4.39. The van der Waals surface area contributed by atoms with Crippen LogP contribution in [0.15, 0.2) is 18.2 Å². The van der Waals surface area contributed by atoms with Gasteiger partial charge in [-0.2, -0.15) is 0 Å². The number of anilines is 2. The van der Waals surface area contributed by atoms with Gasteiger partial charge in [0.25, 0.3) is 5.91 Å². The second-order valence-corrected chi connectivity index (χ2v) is 4.39. The molecule has 0 fully saturated rings. The SMILES string of the molecule is Cc1ccc(N)cc1NC(=O)C(C)OC(C)C. The standard InChI is InChI=1S/C13H20N2O2/c1-8(2)17-10(4)13(16)15-12-7-11(14)6-5-9(12)3/h5-8,10H,14H2,1-4H3,(H,15,16). The zero-order valence-corrected chi connectivity index (χ0v) is 10.8. The van der Waals surface area contributed by atoms with Crippen LogP contribution in [0.2, 0.25) is 0 Å². The van der Waals surface area contributed by atoms with Crippen molar-refractivity contribution in [1.29, 1.82) is 0 Å². The lowest BCUT2D eigenvalue weighted by molar-refractivity contribution is -0.128. The topological polar surface area (TPSA) is 64.3 Å². The lowest BCUT2D eigenvalue weighted by atomic mass is 10.1. The zero-order chi connectivity index (χ0) is 13.0. The van der Waals surface area contributed by atoms with Crippen molar-refractivity contribution in [1.82, 2.24) is 0 Å². The van der Waals surface area contributed by atoms with Crippen LogP contribution < -0.4 is 11.1 Å². The van der Waals surface area contributed by atoms with Gasteiger partial charge in [0.15, 0.2) is 0 Å². The van der Waals surface area contributed by atoms with Crippen LogP contribution in [0.5, 0.6) is 0 Å². The van der Waals surface area contributed by atoms with Crippen molar-refractivity contribution in [3.8, 4) is 0 Å². The molecule has 3 N–H and O–H groups in total. The number of amides is 1. The summed E-state index contributed by atoms with van der Waals surface area (Å²) in [6.45, 7) is 7.45. The molecule has 1 amide bonds. The van der Waals surface area contributed by atoms with Gasteiger partial charge < -0.3 is 15.8 Å². The third-order valence-corrected chi connectivity index (χ3v) is 2.37. The van der Waals surface area contributed by atoms with E-state index in [9.17, 15) is 4.79 Å². The molecule has 0 radical (unpaired) electrons. The number of nitrogens with two attached hydrogens (primary N) is 1. The number of carbonyl (C=O) groups is 1. The molecule has 0 aliphatic carbocycles. The first-order valence-corrected chi connectivity index (χ1v) is 5.72. The van der Waals surface area contributed by atoms with Crippen molar-refractivity contribution in [3.63, 3.8) is 0 Å². The Morgan fingerprint density at radius 1 is 1.35 bits per heavy atom. The minimum Gasteiger partial charge on any atom is -0.399 e. The van der Waals surface area contributed by atoms with Crippen molar-refractivity contribution in [3.05, 3.63) is 23.8 Å². The van der Waals surface area contributed by atoms with Crippen LogP contribution in [0.4, 0.5) is 11.4 Å². The van der Waals surface area contributed by atoms with Crippen LogP contribution in [0.1, 0.15) is 26.3 Å². The molecular formula is C13H20N2O2. The zero-order valence-electron chi connectivity index (χ0n) is 10.8. The number of hydrogen-bond acceptors (Lipinski definition) is 3. The summed E-state index contributed by atoms with van der Waals surface area (Å²) in [7, 11) is 0. The molecule has 0 heterocycles. The number of hydrogen-bond donors (Lipinski definition) is 2. The van der Waals surface area contributed by atoms with E-state index in [1.807, 2.05) is 26.8 Å². The van der Waals surface area contributed by atoms with E-state index in [1.165, 1.54) is 0 Å². The Kier molecular flexibility index (Phi) is 4.52. The Hall–Kier alpha value is -1.55. The number of carbonyl (C=O) groups excluding carboxylic acids is 1. The predicted molar refractivity (Wildman–Crippen MR) is 69.9 cm³/mol. The van der Waals surface area contributed by atoms with Crippen LogP contribution >= 0.6 is 0 Å². The molecule has 4 nitrogen and oxygen atoms in total. The molecule has 0 aliphatic heterocycles. The van der Waals surface area contributed by atoms with Gasteiger partial charge in [-0.3, -0.25) is 4.79 Å². The van der Waals surface area contributed by atoms with Crippen molar-refractivity contribution in [2.45, 2.75) is 39.9 Å². The van der Waals surface area contributed by atoms with Crippen LogP contribution in [0, 0.1) is 6.92 Å². The largest absolute Gasteiger partial charge is 0.399 e. The van der Waals surface area contributed by atoms with Gasteiger partial charge in [-0.1, -0.05) is 6.07 Å². The minimum absolute atomic E-state index is 0.0256. The van der Waals surface area contributed by atoms with E-state index >= 15 is 0 Å². The average molecular weight is 236 g/mol. The molecule has 1 aromatic rings. The minimum atomic E-state index is -0.476. The van der Waals surface area contributed by atoms with E-state index in [1.54, 1.807) is 19.1 Å². The first-order valence-electron chi connectivity index (χ1n) is 5.72. The molecule has 0 bridgehead atoms. The molecule has 94 valence electrons. The molecule has 0 saturated heterocycles. The molecule has 1 rings (SSSR count). The fourth-order valence-electron chi connectivity index (χ4n) is 1.48. The summed E-state index contributed by atoms with van der Waals surface area (Å²) in [5.41, 5.74) is 8.01. The van der Waals surface area contributed by atoms with Crippen LogP contribution in [-0.4, -0.2) is 18.1 Å². The maximum absolute atomic E-state index is 11.8. The number of benzene rings is 1. The van der Waals surface area contributed by atoms with Crippen LogP contribution in [0.3, 0.4) is 0 Å².